The summed E-state index contributed by atoms with van der Waals surface area (Å²) in [6, 6.07) is 12.2. The quantitative estimate of drug-likeness (QED) is 0.589. The van der Waals surface area contributed by atoms with Gasteiger partial charge in [-0.15, -0.1) is 0 Å². The summed E-state index contributed by atoms with van der Waals surface area (Å²) < 4.78 is 35.2. The summed E-state index contributed by atoms with van der Waals surface area (Å²) in [7, 11) is 1.59. The van der Waals surface area contributed by atoms with Crippen LogP contribution < -0.4 is 9.47 Å². The third kappa shape index (κ3) is 4.17. The first kappa shape index (κ1) is 16.2. The Bertz CT molecular complexity index is 620. The van der Waals surface area contributed by atoms with Gasteiger partial charge in [0.1, 0.15) is 11.5 Å². The number of halogens is 4. The molecule has 0 fully saturated rings. The van der Waals surface area contributed by atoms with Crippen LogP contribution in [0.5, 0.6) is 11.5 Å². The van der Waals surface area contributed by atoms with Gasteiger partial charge in [-0.25, -0.2) is 0 Å². The van der Waals surface area contributed by atoms with Crippen molar-refractivity contribution in [3.63, 3.8) is 0 Å². The Labute approximate surface area is 138 Å². The van der Waals surface area contributed by atoms with Gasteiger partial charge in [-0.3, -0.25) is 0 Å². The Morgan fingerprint density at radius 3 is 2.52 bits per heavy atom. The molecule has 1 unspecified atom stereocenters. The molecule has 0 bridgehead atoms. The second-order valence-electron chi connectivity index (χ2n) is 4.20. The molecular formula is C15H12Br2F2O2. The van der Waals surface area contributed by atoms with E-state index in [4.69, 9.17) is 4.74 Å². The van der Waals surface area contributed by atoms with Crippen LogP contribution >= 0.6 is 31.9 Å². The summed E-state index contributed by atoms with van der Waals surface area (Å²) in [4.78, 5) is -0.203. The largest absolute Gasteiger partial charge is 0.496 e. The molecular weight excluding hydrogens is 410 g/mol. The molecule has 1 atom stereocenters. The number of alkyl halides is 3. The Morgan fingerprint density at radius 2 is 1.86 bits per heavy atom. The van der Waals surface area contributed by atoms with E-state index < -0.39 is 6.61 Å². The van der Waals surface area contributed by atoms with E-state index in [0.717, 1.165) is 15.6 Å². The lowest BCUT2D eigenvalue weighted by molar-refractivity contribution is -0.0498. The van der Waals surface area contributed by atoms with Crippen LogP contribution in [0.1, 0.15) is 16.0 Å². The molecule has 0 saturated heterocycles. The van der Waals surface area contributed by atoms with Crippen LogP contribution in [0.4, 0.5) is 8.78 Å². The van der Waals surface area contributed by atoms with Gasteiger partial charge in [0.25, 0.3) is 0 Å². The SMILES string of the molecule is COc1ccc(Br)cc1C(Br)c1cccc(OC(F)F)c1. The normalized spacial score (nSPS) is 12.3. The zero-order chi connectivity index (χ0) is 15.4. The van der Waals surface area contributed by atoms with E-state index >= 15 is 0 Å². The average molecular weight is 422 g/mol. The summed E-state index contributed by atoms with van der Waals surface area (Å²) in [5.74, 6) is 0.834. The molecule has 0 aromatic heterocycles. The maximum atomic E-state index is 12.3. The molecule has 6 heteroatoms. The Hall–Kier alpha value is -1.14. The summed E-state index contributed by atoms with van der Waals surface area (Å²) in [6.45, 7) is -2.84. The highest BCUT2D eigenvalue weighted by molar-refractivity contribution is 9.10. The van der Waals surface area contributed by atoms with Crippen LogP contribution in [0.2, 0.25) is 0 Å². The zero-order valence-electron chi connectivity index (χ0n) is 11.0. The molecule has 0 aliphatic carbocycles. The van der Waals surface area contributed by atoms with Crippen LogP contribution in [-0.4, -0.2) is 13.7 Å². The van der Waals surface area contributed by atoms with Crippen molar-refractivity contribution < 1.29 is 18.3 Å². The Balaban J connectivity index is 2.35. The summed E-state index contributed by atoms with van der Waals surface area (Å²) in [5.41, 5.74) is 1.69. The fourth-order valence-corrected chi connectivity index (χ4v) is 2.95. The maximum absolute atomic E-state index is 12.3. The molecule has 0 amide bonds. The predicted octanol–water partition coefficient (Wildman–Crippen LogP) is 5.54. The number of methoxy groups -OCH3 is 1. The van der Waals surface area contributed by atoms with Crippen molar-refractivity contribution in [1.29, 1.82) is 0 Å². The second-order valence-corrected chi connectivity index (χ2v) is 6.03. The van der Waals surface area contributed by atoms with Crippen molar-refractivity contribution in [2.24, 2.45) is 0 Å². The summed E-state index contributed by atoms with van der Waals surface area (Å²) in [5, 5.41) is 0. The average Bonchev–Trinajstić information content (AvgIpc) is 2.46. The third-order valence-corrected chi connectivity index (χ3v) is 4.36. The maximum Gasteiger partial charge on any atom is 0.387 e. The third-order valence-electron chi connectivity index (χ3n) is 2.84. The van der Waals surface area contributed by atoms with Gasteiger partial charge in [0.05, 0.1) is 11.9 Å². The predicted molar refractivity (Wildman–Crippen MR) is 84.5 cm³/mol. The monoisotopic (exact) mass is 420 g/mol. The molecule has 0 spiro atoms. The first-order valence-corrected chi connectivity index (χ1v) is 7.74. The van der Waals surface area contributed by atoms with Crippen LogP contribution in [0, 0.1) is 0 Å². The van der Waals surface area contributed by atoms with Gasteiger partial charge in [0, 0.05) is 10.0 Å². The van der Waals surface area contributed by atoms with Gasteiger partial charge in [-0.2, -0.15) is 8.78 Å². The summed E-state index contributed by atoms with van der Waals surface area (Å²) >= 11 is 6.99. The highest BCUT2D eigenvalue weighted by Gasteiger charge is 2.17. The molecule has 0 aliphatic rings. The molecule has 0 radical (unpaired) electrons. The fourth-order valence-electron chi connectivity index (χ4n) is 1.93. The molecule has 0 N–H and O–H groups in total. The first-order chi connectivity index (χ1) is 10.0. The number of ether oxygens (including phenoxy) is 2. The van der Waals surface area contributed by atoms with Gasteiger partial charge in [0.15, 0.2) is 0 Å². The van der Waals surface area contributed by atoms with Gasteiger partial charge < -0.3 is 9.47 Å². The molecule has 0 heterocycles. The van der Waals surface area contributed by atoms with E-state index in [2.05, 4.69) is 36.6 Å². The van der Waals surface area contributed by atoms with Crippen molar-refractivity contribution in [1.82, 2.24) is 0 Å². The molecule has 0 aliphatic heterocycles. The lowest BCUT2D eigenvalue weighted by Crippen LogP contribution is -2.03. The van der Waals surface area contributed by atoms with Crippen molar-refractivity contribution in [3.05, 3.63) is 58.1 Å². The number of hydrogen-bond donors (Lipinski definition) is 0. The van der Waals surface area contributed by atoms with Crippen LogP contribution in [0.15, 0.2) is 46.9 Å². The van der Waals surface area contributed by atoms with Crippen molar-refractivity contribution >= 4 is 31.9 Å². The van der Waals surface area contributed by atoms with Crippen LogP contribution in [-0.2, 0) is 0 Å². The standard InChI is InChI=1S/C15H12Br2F2O2/c1-20-13-6-5-10(16)8-12(13)14(17)9-3-2-4-11(7-9)21-15(18)19/h2-8,14-15H,1H3. The van der Waals surface area contributed by atoms with Gasteiger partial charge in [-0.1, -0.05) is 44.0 Å². The van der Waals surface area contributed by atoms with Crippen molar-refractivity contribution in [2.45, 2.75) is 11.4 Å². The van der Waals surface area contributed by atoms with Crippen molar-refractivity contribution in [2.75, 3.05) is 7.11 Å². The van der Waals surface area contributed by atoms with Crippen molar-refractivity contribution in [3.8, 4) is 11.5 Å². The van der Waals surface area contributed by atoms with E-state index in [-0.39, 0.29) is 10.6 Å². The molecule has 21 heavy (non-hydrogen) atoms. The molecule has 0 saturated carbocycles. The lowest BCUT2D eigenvalue weighted by atomic mass is 10.0. The highest BCUT2D eigenvalue weighted by Crippen LogP contribution is 2.39. The molecule has 2 nitrogen and oxygen atoms in total. The number of hydrogen-bond acceptors (Lipinski definition) is 2. The van der Waals surface area contributed by atoms with E-state index in [0.29, 0.717) is 5.75 Å². The minimum atomic E-state index is -2.84. The van der Waals surface area contributed by atoms with Gasteiger partial charge in [0.2, 0.25) is 0 Å². The van der Waals surface area contributed by atoms with E-state index in [1.165, 1.54) is 6.07 Å². The smallest absolute Gasteiger partial charge is 0.387 e. The summed E-state index contributed by atoms with van der Waals surface area (Å²) in [6.07, 6.45) is 0. The van der Waals surface area contributed by atoms with Gasteiger partial charge >= 0.3 is 6.61 Å². The van der Waals surface area contributed by atoms with E-state index in [1.54, 1.807) is 19.2 Å². The van der Waals surface area contributed by atoms with Crippen LogP contribution in [0.25, 0.3) is 0 Å². The highest BCUT2D eigenvalue weighted by atomic mass is 79.9. The first-order valence-electron chi connectivity index (χ1n) is 6.03. The molecule has 112 valence electrons. The minimum absolute atomic E-state index is 0.126. The van der Waals surface area contributed by atoms with Gasteiger partial charge in [-0.05, 0) is 35.9 Å². The topological polar surface area (TPSA) is 18.5 Å². The molecule has 2 aromatic carbocycles. The molecule has 2 aromatic rings. The zero-order valence-corrected chi connectivity index (χ0v) is 14.2. The fraction of sp³-hybridized carbons (Fsp3) is 0.200. The number of benzene rings is 2. The second kappa shape index (κ2) is 7.22. The van der Waals surface area contributed by atoms with E-state index in [1.807, 2.05) is 24.3 Å². The number of rotatable bonds is 5. The van der Waals surface area contributed by atoms with E-state index in [9.17, 15) is 8.78 Å². The minimum Gasteiger partial charge on any atom is -0.496 e. The Morgan fingerprint density at radius 1 is 1.10 bits per heavy atom. The van der Waals surface area contributed by atoms with Crippen LogP contribution in [0.3, 0.4) is 0 Å². The Kier molecular flexibility index (Phi) is 5.58. The molecule has 2 rings (SSSR count). The lowest BCUT2D eigenvalue weighted by Gasteiger charge is -2.16.